The Kier molecular flexibility index (Phi) is 4.04. The number of ether oxygens (including phenoxy) is 1. The van der Waals surface area contributed by atoms with E-state index < -0.39 is 0 Å². The number of nitrogens with zero attached hydrogens (tertiary/aromatic N) is 2. The summed E-state index contributed by atoms with van der Waals surface area (Å²) in [5.74, 6) is 1.20. The van der Waals surface area contributed by atoms with Gasteiger partial charge in [-0.3, -0.25) is 4.79 Å². The SMILES string of the molecule is CCC(=O)N1N=C2c3ccc(OC)cc3CC[C@H]2[C@H]1c1ccccc1. The van der Waals surface area contributed by atoms with Crippen molar-refractivity contribution in [2.24, 2.45) is 11.0 Å². The molecule has 2 atom stereocenters. The molecule has 0 saturated carbocycles. The normalized spacial score (nSPS) is 21.4. The Bertz CT molecular complexity index is 829. The number of amides is 1. The van der Waals surface area contributed by atoms with Gasteiger partial charge in [-0.2, -0.15) is 5.10 Å². The molecule has 0 spiro atoms. The van der Waals surface area contributed by atoms with Gasteiger partial charge in [0.25, 0.3) is 0 Å². The molecule has 4 rings (SSSR count). The lowest BCUT2D eigenvalue weighted by molar-refractivity contribution is -0.133. The summed E-state index contributed by atoms with van der Waals surface area (Å²) in [5, 5.41) is 6.51. The van der Waals surface area contributed by atoms with E-state index in [2.05, 4.69) is 24.3 Å². The van der Waals surface area contributed by atoms with Crippen molar-refractivity contribution in [2.45, 2.75) is 32.2 Å². The standard InChI is InChI=1S/C21H22N2O2/c1-3-19(24)23-21(14-7-5-4-6-8-14)18-11-9-15-13-16(25-2)10-12-17(15)20(18)22-23/h4-8,10,12-13,18,21H,3,9,11H2,1-2H3/t18-,21-/m1/s1. The van der Waals surface area contributed by atoms with Crippen LogP contribution in [-0.2, 0) is 11.2 Å². The van der Waals surface area contributed by atoms with Crippen molar-refractivity contribution in [2.75, 3.05) is 7.11 Å². The van der Waals surface area contributed by atoms with Crippen molar-refractivity contribution >= 4 is 11.6 Å². The molecule has 1 aliphatic carbocycles. The Hall–Kier alpha value is -2.62. The minimum atomic E-state index is -0.00102. The smallest absolute Gasteiger partial charge is 0.242 e. The molecule has 2 aromatic carbocycles. The molecule has 128 valence electrons. The summed E-state index contributed by atoms with van der Waals surface area (Å²) in [5.41, 5.74) is 4.61. The Balaban J connectivity index is 1.79. The van der Waals surface area contributed by atoms with E-state index in [1.807, 2.05) is 31.2 Å². The van der Waals surface area contributed by atoms with Crippen LogP contribution in [-0.4, -0.2) is 23.7 Å². The molecule has 0 unspecified atom stereocenters. The van der Waals surface area contributed by atoms with Crippen molar-refractivity contribution in [1.82, 2.24) is 5.01 Å². The van der Waals surface area contributed by atoms with Gasteiger partial charge >= 0.3 is 0 Å². The second kappa shape index (κ2) is 6.36. The quantitative estimate of drug-likeness (QED) is 0.853. The Labute approximate surface area is 148 Å². The predicted molar refractivity (Wildman–Crippen MR) is 97.7 cm³/mol. The van der Waals surface area contributed by atoms with Crippen LogP contribution in [0.2, 0.25) is 0 Å². The van der Waals surface area contributed by atoms with Crippen LogP contribution in [0, 0.1) is 5.92 Å². The number of fused-ring (bicyclic) bond motifs is 3. The van der Waals surface area contributed by atoms with Crippen LogP contribution in [0.15, 0.2) is 53.6 Å². The number of hydrazone groups is 1. The van der Waals surface area contributed by atoms with E-state index in [0.29, 0.717) is 6.42 Å². The molecule has 1 aliphatic heterocycles. The zero-order chi connectivity index (χ0) is 17.4. The first kappa shape index (κ1) is 15.9. The summed E-state index contributed by atoms with van der Waals surface area (Å²) in [6, 6.07) is 16.4. The van der Waals surface area contributed by atoms with Crippen LogP contribution in [0.3, 0.4) is 0 Å². The first-order chi connectivity index (χ1) is 12.2. The lowest BCUT2D eigenvalue weighted by Crippen LogP contribution is -2.31. The first-order valence-electron chi connectivity index (χ1n) is 8.85. The maximum atomic E-state index is 12.6. The number of aryl methyl sites for hydroxylation is 1. The second-order valence-electron chi connectivity index (χ2n) is 6.60. The van der Waals surface area contributed by atoms with Gasteiger partial charge in [-0.25, -0.2) is 5.01 Å². The molecule has 4 heteroatoms. The highest BCUT2D eigenvalue weighted by Crippen LogP contribution is 2.44. The molecular formula is C21H22N2O2. The van der Waals surface area contributed by atoms with Gasteiger partial charge < -0.3 is 4.74 Å². The molecule has 4 nitrogen and oxygen atoms in total. The number of methoxy groups -OCH3 is 1. The van der Waals surface area contributed by atoms with Crippen molar-refractivity contribution in [3.63, 3.8) is 0 Å². The molecule has 0 aromatic heterocycles. The zero-order valence-electron chi connectivity index (χ0n) is 14.6. The number of rotatable bonds is 3. The van der Waals surface area contributed by atoms with Gasteiger partial charge in [-0.05, 0) is 42.2 Å². The van der Waals surface area contributed by atoms with Gasteiger partial charge in [0.1, 0.15) is 5.75 Å². The molecule has 25 heavy (non-hydrogen) atoms. The van der Waals surface area contributed by atoms with Gasteiger partial charge in [0.15, 0.2) is 0 Å². The topological polar surface area (TPSA) is 41.9 Å². The van der Waals surface area contributed by atoms with E-state index in [4.69, 9.17) is 9.84 Å². The largest absolute Gasteiger partial charge is 0.497 e. The Morgan fingerprint density at radius 2 is 2.04 bits per heavy atom. The molecule has 1 heterocycles. The van der Waals surface area contributed by atoms with Crippen LogP contribution < -0.4 is 4.74 Å². The fourth-order valence-corrected chi connectivity index (χ4v) is 3.98. The third kappa shape index (κ3) is 2.62. The highest BCUT2D eigenvalue weighted by Gasteiger charge is 2.43. The summed E-state index contributed by atoms with van der Waals surface area (Å²) in [6.45, 7) is 1.89. The average Bonchev–Trinajstić information content (AvgIpc) is 3.07. The van der Waals surface area contributed by atoms with Gasteiger partial charge in [0.05, 0.1) is 18.9 Å². The van der Waals surface area contributed by atoms with Gasteiger partial charge in [0, 0.05) is 17.9 Å². The summed E-state index contributed by atoms with van der Waals surface area (Å²) in [4.78, 5) is 12.6. The van der Waals surface area contributed by atoms with Crippen LogP contribution in [0.1, 0.15) is 42.5 Å². The maximum absolute atomic E-state index is 12.6. The molecule has 0 N–H and O–H groups in total. The minimum absolute atomic E-state index is 0.00102. The number of benzene rings is 2. The lowest BCUT2D eigenvalue weighted by atomic mass is 9.77. The predicted octanol–water partition coefficient (Wildman–Crippen LogP) is 3.96. The van der Waals surface area contributed by atoms with E-state index in [-0.39, 0.29) is 17.9 Å². The summed E-state index contributed by atoms with van der Waals surface area (Å²) in [6.07, 6.45) is 2.43. The third-order valence-electron chi connectivity index (χ3n) is 5.22. The highest BCUT2D eigenvalue weighted by molar-refractivity contribution is 6.07. The number of carbonyl (C=O) groups excluding carboxylic acids is 1. The third-order valence-corrected chi connectivity index (χ3v) is 5.22. The number of hydrogen-bond acceptors (Lipinski definition) is 3. The molecule has 0 bridgehead atoms. The second-order valence-corrected chi connectivity index (χ2v) is 6.60. The lowest BCUT2D eigenvalue weighted by Gasteiger charge is -2.29. The first-order valence-corrected chi connectivity index (χ1v) is 8.85. The average molecular weight is 334 g/mol. The van der Waals surface area contributed by atoms with E-state index in [0.717, 1.165) is 35.4 Å². The minimum Gasteiger partial charge on any atom is -0.497 e. The highest BCUT2D eigenvalue weighted by atomic mass is 16.5. The molecule has 2 aliphatic rings. The van der Waals surface area contributed by atoms with Crippen molar-refractivity contribution in [1.29, 1.82) is 0 Å². The van der Waals surface area contributed by atoms with E-state index in [1.54, 1.807) is 12.1 Å². The van der Waals surface area contributed by atoms with Crippen molar-refractivity contribution < 1.29 is 9.53 Å². The molecular weight excluding hydrogens is 312 g/mol. The van der Waals surface area contributed by atoms with Crippen LogP contribution in [0.25, 0.3) is 0 Å². The Morgan fingerprint density at radius 1 is 1.24 bits per heavy atom. The molecule has 1 amide bonds. The monoisotopic (exact) mass is 334 g/mol. The van der Waals surface area contributed by atoms with Gasteiger partial charge in [-0.1, -0.05) is 37.3 Å². The maximum Gasteiger partial charge on any atom is 0.242 e. The molecule has 0 radical (unpaired) electrons. The van der Waals surface area contributed by atoms with E-state index >= 15 is 0 Å². The Morgan fingerprint density at radius 3 is 2.76 bits per heavy atom. The fourth-order valence-electron chi connectivity index (χ4n) is 3.98. The molecule has 0 fully saturated rings. The number of carbonyl (C=O) groups is 1. The zero-order valence-corrected chi connectivity index (χ0v) is 14.6. The number of hydrogen-bond donors (Lipinski definition) is 0. The van der Waals surface area contributed by atoms with Gasteiger partial charge in [-0.15, -0.1) is 0 Å². The summed E-state index contributed by atoms with van der Waals surface area (Å²) in [7, 11) is 1.69. The van der Waals surface area contributed by atoms with E-state index in [1.165, 1.54) is 5.56 Å². The van der Waals surface area contributed by atoms with Crippen LogP contribution >= 0.6 is 0 Å². The fraction of sp³-hybridized carbons (Fsp3) is 0.333. The van der Waals surface area contributed by atoms with Crippen LogP contribution in [0.4, 0.5) is 0 Å². The molecule has 0 saturated heterocycles. The summed E-state index contributed by atoms with van der Waals surface area (Å²) >= 11 is 0. The van der Waals surface area contributed by atoms with Crippen molar-refractivity contribution in [3.05, 3.63) is 65.2 Å². The van der Waals surface area contributed by atoms with Crippen molar-refractivity contribution in [3.8, 4) is 5.75 Å². The van der Waals surface area contributed by atoms with Gasteiger partial charge in [0.2, 0.25) is 5.91 Å². The van der Waals surface area contributed by atoms with E-state index in [9.17, 15) is 4.79 Å². The summed E-state index contributed by atoms with van der Waals surface area (Å²) < 4.78 is 5.35. The van der Waals surface area contributed by atoms with Crippen LogP contribution in [0.5, 0.6) is 5.75 Å². The molecule has 2 aromatic rings.